The Morgan fingerprint density at radius 3 is 2.62 bits per heavy atom. The van der Waals surface area contributed by atoms with E-state index in [9.17, 15) is 9.59 Å². The van der Waals surface area contributed by atoms with E-state index in [-0.39, 0.29) is 19.1 Å². The molecule has 6 nitrogen and oxygen atoms in total. The average Bonchev–Trinajstić information content (AvgIpc) is 2.72. The smallest absolute Gasteiger partial charge is 0.255 e. The molecule has 0 atom stereocenters. The Labute approximate surface area is 177 Å². The van der Waals surface area contributed by atoms with Gasteiger partial charge in [0.2, 0.25) is 5.91 Å². The fourth-order valence-corrected chi connectivity index (χ4v) is 2.94. The summed E-state index contributed by atoms with van der Waals surface area (Å²) in [6.45, 7) is -0.0210. The highest BCUT2D eigenvalue weighted by Crippen LogP contribution is 2.24. The molecule has 3 rings (SSSR count). The van der Waals surface area contributed by atoms with Crippen LogP contribution in [-0.4, -0.2) is 23.3 Å². The molecular formula is C21H17Cl2N3O3. The molecule has 29 heavy (non-hydrogen) atoms. The predicted octanol–water partition coefficient (Wildman–Crippen LogP) is 4.34. The number of para-hydroxylation sites is 1. The minimum atomic E-state index is -0.427. The van der Waals surface area contributed by atoms with Crippen LogP contribution >= 0.6 is 23.2 Å². The maximum Gasteiger partial charge on any atom is 0.255 e. The number of halogens is 2. The quantitative estimate of drug-likeness (QED) is 0.585. The van der Waals surface area contributed by atoms with Crippen LogP contribution < -0.4 is 15.4 Å². The van der Waals surface area contributed by atoms with E-state index >= 15 is 0 Å². The lowest BCUT2D eigenvalue weighted by atomic mass is 10.2. The number of carbonyl (C=O) groups excluding carboxylic acids is 2. The molecule has 0 aliphatic heterocycles. The molecule has 0 bridgehead atoms. The number of anilines is 1. The van der Waals surface area contributed by atoms with Gasteiger partial charge in [-0.3, -0.25) is 14.6 Å². The molecule has 0 unspecified atom stereocenters. The molecule has 2 aromatic carbocycles. The molecule has 0 fully saturated rings. The Kier molecular flexibility index (Phi) is 7.05. The first-order valence-electron chi connectivity index (χ1n) is 8.67. The first-order valence-corrected chi connectivity index (χ1v) is 9.42. The summed E-state index contributed by atoms with van der Waals surface area (Å²) in [5.74, 6) is -0.412. The fourth-order valence-electron chi connectivity index (χ4n) is 2.47. The number of nitrogens with zero attached hydrogens (tertiary/aromatic N) is 1. The minimum absolute atomic E-state index is 0.168. The summed E-state index contributed by atoms with van der Waals surface area (Å²) in [4.78, 5) is 28.4. The molecule has 0 spiro atoms. The topological polar surface area (TPSA) is 80.3 Å². The van der Waals surface area contributed by atoms with Crippen molar-refractivity contribution in [2.24, 2.45) is 0 Å². The molecular weight excluding hydrogens is 413 g/mol. The standard InChI is InChI=1S/C21H17Cl2N3O3/c22-15-8-7-14(18(23)10-15)13-29-19-6-2-1-5-17(19)21(28)25-12-20(27)26-16-4-3-9-24-11-16/h1-11H,12-13H2,(H,25,28)(H,26,27). The Hall–Kier alpha value is -3.09. The molecule has 2 N–H and O–H groups in total. The number of hydrogen-bond acceptors (Lipinski definition) is 4. The van der Waals surface area contributed by atoms with Crippen LogP contribution in [0.1, 0.15) is 15.9 Å². The number of carbonyl (C=O) groups is 2. The monoisotopic (exact) mass is 429 g/mol. The summed E-state index contributed by atoms with van der Waals surface area (Å²) in [5.41, 5.74) is 1.60. The summed E-state index contributed by atoms with van der Waals surface area (Å²) in [5, 5.41) is 6.24. The van der Waals surface area contributed by atoms with Gasteiger partial charge < -0.3 is 15.4 Å². The molecule has 148 valence electrons. The molecule has 0 saturated heterocycles. The van der Waals surface area contributed by atoms with Crippen molar-refractivity contribution in [2.45, 2.75) is 6.61 Å². The molecule has 1 heterocycles. The summed E-state index contributed by atoms with van der Waals surface area (Å²) in [6, 6.07) is 15.3. The van der Waals surface area contributed by atoms with Gasteiger partial charge in [-0.05, 0) is 36.4 Å². The van der Waals surface area contributed by atoms with Crippen LogP contribution in [0.15, 0.2) is 67.0 Å². The van der Waals surface area contributed by atoms with E-state index < -0.39 is 5.91 Å². The molecule has 2 amide bonds. The summed E-state index contributed by atoms with van der Waals surface area (Å²) >= 11 is 12.1. The first kappa shape index (κ1) is 20.6. The summed E-state index contributed by atoms with van der Waals surface area (Å²) in [7, 11) is 0. The van der Waals surface area contributed by atoms with Crippen molar-refractivity contribution in [1.29, 1.82) is 0 Å². The van der Waals surface area contributed by atoms with E-state index in [2.05, 4.69) is 15.6 Å². The van der Waals surface area contributed by atoms with Gasteiger partial charge in [0.1, 0.15) is 12.4 Å². The van der Waals surface area contributed by atoms with Gasteiger partial charge in [0.05, 0.1) is 24.0 Å². The molecule has 0 radical (unpaired) electrons. The average molecular weight is 430 g/mol. The van der Waals surface area contributed by atoms with E-state index in [1.165, 1.54) is 6.20 Å². The Morgan fingerprint density at radius 2 is 1.86 bits per heavy atom. The van der Waals surface area contributed by atoms with Crippen molar-refractivity contribution in [3.63, 3.8) is 0 Å². The largest absolute Gasteiger partial charge is 0.488 e. The van der Waals surface area contributed by atoms with Crippen LogP contribution in [0.2, 0.25) is 10.0 Å². The van der Waals surface area contributed by atoms with Gasteiger partial charge >= 0.3 is 0 Å². The van der Waals surface area contributed by atoms with Crippen LogP contribution in [0.3, 0.4) is 0 Å². The highest BCUT2D eigenvalue weighted by Gasteiger charge is 2.14. The van der Waals surface area contributed by atoms with Gasteiger partial charge in [0.15, 0.2) is 0 Å². The maximum atomic E-state index is 12.5. The minimum Gasteiger partial charge on any atom is -0.488 e. The number of aromatic nitrogens is 1. The van der Waals surface area contributed by atoms with Gasteiger partial charge in [-0.15, -0.1) is 0 Å². The number of rotatable bonds is 7. The van der Waals surface area contributed by atoms with Crippen molar-refractivity contribution in [1.82, 2.24) is 10.3 Å². The zero-order valence-corrected chi connectivity index (χ0v) is 16.7. The van der Waals surface area contributed by atoms with Gasteiger partial charge in [-0.2, -0.15) is 0 Å². The van der Waals surface area contributed by atoms with E-state index in [4.69, 9.17) is 27.9 Å². The zero-order chi connectivity index (χ0) is 20.6. The Balaban J connectivity index is 1.60. The first-order chi connectivity index (χ1) is 14.0. The Morgan fingerprint density at radius 1 is 1.03 bits per heavy atom. The van der Waals surface area contributed by atoms with E-state index in [0.717, 1.165) is 5.56 Å². The number of ether oxygens (including phenoxy) is 1. The van der Waals surface area contributed by atoms with Crippen LogP contribution in [0.25, 0.3) is 0 Å². The van der Waals surface area contributed by atoms with Gasteiger partial charge in [-0.25, -0.2) is 0 Å². The normalized spacial score (nSPS) is 10.3. The van der Waals surface area contributed by atoms with Crippen LogP contribution in [0, 0.1) is 0 Å². The molecule has 0 aliphatic rings. The van der Waals surface area contributed by atoms with Crippen LogP contribution in [-0.2, 0) is 11.4 Å². The van der Waals surface area contributed by atoms with Gasteiger partial charge in [-0.1, -0.05) is 41.4 Å². The number of pyridine rings is 1. The fraction of sp³-hybridized carbons (Fsp3) is 0.0952. The lowest BCUT2D eigenvalue weighted by molar-refractivity contribution is -0.115. The second-order valence-corrected chi connectivity index (χ2v) is 6.84. The van der Waals surface area contributed by atoms with Crippen molar-refractivity contribution >= 4 is 40.7 Å². The van der Waals surface area contributed by atoms with Gasteiger partial charge in [0.25, 0.3) is 5.91 Å². The second kappa shape index (κ2) is 9.91. The van der Waals surface area contributed by atoms with Crippen molar-refractivity contribution in [3.8, 4) is 5.75 Å². The van der Waals surface area contributed by atoms with E-state index in [1.54, 1.807) is 60.8 Å². The van der Waals surface area contributed by atoms with Crippen molar-refractivity contribution < 1.29 is 14.3 Å². The predicted molar refractivity (Wildman–Crippen MR) is 112 cm³/mol. The molecule has 0 saturated carbocycles. The number of benzene rings is 2. The van der Waals surface area contributed by atoms with Gasteiger partial charge in [0, 0.05) is 21.8 Å². The third-order valence-electron chi connectivity index (χ3n) is 3.88. The lowest BCUT2D eigenvalue weighted by Crippen LogP contribution is -2.33. The summed E-state index contributed by atoms with van der Waals surface area (Å²) in [6.07, 6.45) is 3.12. The number of hydrogen-bond donors (Lipinski definition) is 2. The highest BCUT2D eigenvalue weighted by molar-refractivity contribution is 6.35. The molecule has 0 aliphatic carbocycles. The molecule has 8 heteroatoms. The maximum absolute atomic E-state index is 12.5. The second-order valence-electron chi connectivity index (χ2n) is 5.99. The SMILES string of the molecule is O=C(CNC(=O)c1ccccc1OCc1ccc(Cl)cc1Cl)Nc1cccnc1. The highest BCUT2D eigenvalue weighted by atomic mass is 35.5. The van der Waals surface area contributed by atoms with E-state index in [0.29, 0.717) is 27.0 Å². The third kappa shape index (κ3) is 5.94. The molecule has 3 aromatic rings. The lowest BCUT2D eigenvalue weighted by Gasteiger charge is -2.12. The number of nitrogens with one attached hydrogen (secondary N) is 2. The van der Waals surface area contributed by atoms with E-state index in [1.807, 2.05) is 0 Å². The number of amides is 2. The zero-order valence-electron chi connectivity index (χ0n) is 15.2. The van der Waals surface area contributed by atoms with Crippen LogP contribution in [0.4, 0.5) is 5.69 Å². The Bertz CT molecular complexity index is 1010. The molecule has 1 aromatic heterocycles. The van der Waals surface area contributed by atoms with Crippen LogP contribution in [0.5, 0.6) is 5.75 Å². The van der Waals surface area contributed by atoms with Crippen molar-refractivity contribution in [3.05, 3.63) is 88.2 Å². The van der Waals surface area contributed by atoms with Crippen molar-refractivity contribution in [2.75, 3.05) is 11.9 Å². The summed E-state index contributed by atoms with van der Waals surface area (Å²) < 4.78 is 5.77. The third-order valence-corrected chi connectivity index (χ3v) is 4.47.